The first-order valence-corrected chi connectivity index (χ1v) is 10.1. The Bertz CT molecular complexity index is 959. The molecule has 26 heavy (non-hydrogen) atoms. The molecular weight excluding hydrogens is 346 g/mol. The molecule has 5 nitrogen and oxygen atoms in total. The number of pyridine rings is 1. The summed E-state index contributed by atoms with van der Waals surface area (Å²) in [4.78, 5) is 4.31. The lowest BCUT2D eigenvalue weighted by Gasteiger charge is -2.15. The maximum Gasteiger partial charge on any atom is 0.240 e. The summed E-state index contributed by atoms with van der Waals surface area (Å²) in [7, 11) is -3.55. The highest BCUT2D eigenvalue weighted by Crippen LogP contribution is 2.18. The number of benzene rings is 2. The van der Waals surface area contributed by atoms with Crippen LogP contribution in [0.2, 0.25) is 0 Å². The van der Waals surface area contributed by atoms with E-state index in [0.717, 1.165) is 23.7 Å². The highest BCUT2D eigenvalue weighted by Gasteiger charge is 2.17. The Morgan fingerprint density at radius 3 is 2.65 bits per heavy atom. The fourth-order valence-corrected chi connectivity index (χ4v) is 4.08. The van der Waals surface area contributed by atoms with Crippen molar-refractivity contribution in [2.75, 3.05) is 13.1 Å². The van der Waals surface area contributed by atoms with Crippen LogP contribution in [0.15, 0.2) is 71.9 Å². The Kier molecular flexibility index (Phi) is 5.98. The first-order chi connectivity index (χ1) is 12.5. The molecule has 3 aromatic rings. The van der Waals surface area contributed by atoms with E-state index < -0.39 is 10.0 Å². The molecule has 0 spiro atoms. The molecule has 0 aliphatic heterocycles. The Hall–Kier alpha value is -2.28. The maximum atomic E-state index is 12.6. The maximum absolute atomic E-state index is 12.6. The van der Waals surface area contributed by atoms with Crippen LogP contribution >= 0.6 is 0 Å². The van der Waals surface area contributed by atoms with E-state index in [1.54, 1.807) is 30.6 Å². The lowest BCUT2D eigenvalue weighted by atomic mass is 10.1. The molecule has 0 amide bonds. The number of hydrogen-bond donors (Lipinski definition) is 2. The van der Waals surface area contributed by atoms with E-state index in [2.05, 4.69) is 27.2 Å². The van der Waals surface area contributed by atoms with E-state index in [-0.39, 0.29) is 10.9 Å². The third kappa shape index (κ3) is 4.88. The van der Waals surface area contributed by atoms with Gasteiger partial charge in [0.1, 0.15) is 0 Å². The molecule has 6 heteroatoms. The van der Waals surface area contributed by atoms with Crippen molar-refractivity contribution in [1.29, 1.82) is 0 Å². The number of hydrogen-bond acceptors (Lipinski definition) is 4. The van der Waals surface area contributed by atoms with Gasteiger partial charge in [0.2, 0.25) is 10.0 Å². The van der Waals surface area contributed by atoms with Gasteiger partial charge in [0.25, 0.3) is 0 Å². The quantitative estimate of drug-likeness (QED) is 0.599. The Balaban J connectivity index is 1.54. The summed E-state index contributed by atoms with van der Waals surface area (Å²) in [6.45, 7) is 3.24. The van der Waals surface area contributed by atoms with Crippen molar-refractivity contribution in [3.8, 4) is 0 Å². The molecule has 1 aromatic heterocycles. The minimum absolute atomic E-state index is 0.205. The number of aromatic nitrogens is 1. The summed E-state index contributed by atoms with van der Waals surface area (Å²) in [5.41, 5.74) is 1.26. The Morgan fingerprint density at radius 2 is 1.85 bits per heavy atom. The zero-order valence-electron chi connectivity index (χ0n) is 14.7. The largest absolute Gasteiger partial charge is 0.315 e. The molecule has 0 saturated carbocycles. The van der Waals surface area contributed by atoms with Gasteiger partial charge in [-0.3, -0.25) is 4.98 Å². The summed E-state index contributed by atoms with van der Waals surface area (Å²) in [5, 5.41) is 5.08. The van der Waals surface area contributed by atoms with Crippen LogP contribution in [-0.2, 0) is 16.4 Å². The molecular formula is C20H23N3O2S. The second kappa shape index (κ2) is 8.40. The average molecular weight is 369 g/mol. The normalized spacial score (nSPS) is 13.0. The zero-order valence-corrected chi connectivity index (χ0v) is 15.5. The predicted molar refractivity (Wildman–Crippen MR) is 105 cm³/mol. The van der Waals surface area contributed by atoms with Crippen molar-refractivity contribution in [2.45, 2.75) is 24.3 Å². The van der Waals surface area contributed by atoms with Crippen LogP contribution in [-0.4, -0.2) is 32.5 Å². The topological polar surface area (TPSA) is 71.1 Å². The van der Waals surface area contributed by atoms with Gasteiger partial charge in [0.05, 0.1) is 4.90 Å². The van der Waals surface area contributed by atoms with Gasteiger partial charge in [-0.25, -0.2) is 13.1 Å². The minimum atomic E-state index is -3.55. The monoisotopic (exact) mass is 369 g/mol. The lowest BCUT2D eigenvalue weighted by Crippen LogP contribution is -2.40. The van der Waals surface area contributed by atoms with Gasteiger partial charge < -0.3 is 5.32 Å². The third-order valence-electron chi connectivity index (χ3n) is 4.16. The van der Waals surface area contributed by atoms with Crippen LogP contribution in [0.25, 0.3) is 10.8 Å². The molecule has 1 heterocycles. The van der Waals surface area contributed by atoms with Gasteiger partial charge >= 0.3 is 0 Å². The Labute approximate surface area is 154 Å². The molecule has 0 saturated heterocycles. The highest BCUT2D eigenvalue weighted by molar-refractivity contribution is 7.89. The number of nitrogens with one attached hydrogen (secondary N) is 2. The van der Waals surface area contributed by atoms with Crippen molar-refractivity contribution in [3.63, 3.8) is 0 Å². The van der Waals surface area contributed by atoms with Crippen LogP contribution in [0.4, 0.5) is 0 Å². The summed E-state index contributed by atoms with van der Waals surface area (Å²) in [5.74, 6) is 0. The first kappa shape index (κ1) is 18.5. The van der Waals surface area contributed by atoms with Gasteiger partial charge in [0, 0.05) is 30.4 Å². The third-order valence-corrected chi connectivity index (χ3v) is 5.75. The smallest absolute Gasteiger partial charge is 0.240 e. The molecule has 2 N–H and O–H groups in total. The molecule has 3 rings (SSSR count). The molecule has 0 aliphatic rings. The SMILES string of the molecule is C[C@@H](CNCCc1ccccc1)NS(=O)(=O)c1ccc2cnccc2c1. The van der Waals surface area contributed by atoms with Gasteiger partial charge in [-0.1, -0.05) is 36.4 Å². The molecule has 1 atom stereocenters. The molecule has 0 radical (unpaired) electrons. The van der Waals surface area contributed by atoms with E-state index in [1.807, 2.05) is 31.2 Å². The molecule has 0 bridgehead atoms. The van der Waals surface area contributed by atoms with E-state index >= 15 is 0 Å². The number of rotatable bonds is 8. The van der Waals surface area contributed by atoms with Gasteiger partial charge in [-0.15, -0.1) is 0 Å². The van der Waals surface area contributed by atoms with Gasteiger partial charge in [-0.2, -0.15) is 0 Å². The number of sulfonamides is 1. The zero-order chi connectivity index (χ0) is 18.4. The van der Waals surface area contributed by atoms with Crippen LogP contribution in [0.3, 0.4) is 0 Å². The Morgan fingerprint density at radius 1 is 1.04 bits per heavy atom. The van der Waals surface area contributed by atoms with Crippen molar-refractivity contribution in [1.82, 2.24) is 15.0 Å². The fourth-order valence-electron chi connectivity index (χ4n) is 2.80. The van der Waals surface area contributed by atoms with E-state index in [1.165, 1.54) is 5.56 Å². The molecule has 136 valence electrons. The van der Waals surface area contributed by atoms with Crippen LogP contribution in [0.1, 0.15) is 12.5 Å². The van der Waals surface area contributed by atoms with E-state index in [0.29, 0.717) is 6.54 Å². The molecule has 2 aromatic carbocycles. The van der Waals surface area contributed by atoms with Crippen molar-refractivity contribution >= 4 is 20.8 Å². The van der Waals surface area contributed by atoms with Crippen molar-refractivity contribution in [2.24, 2.45) is 0 Å². The average Bonchev–Trinajstić information content (AvgIpc) is 2.65. The number of nitrogens with zero attached hydrogens (tertiary/aromatic N) is 1. The van der Waals surface area contributed by atoms with E-state index in [9.17, 15) is 8.42 Å². The van der Waals surface area contributed by atoms with Crippen molar-refractivity contribution in [3.05, 3.63) is 72.6 Å². The van der Waals surface area contributed by atoms with Crippen LogP contribution in [0.5, 0.6) is 0 Å². The van der Waals surface area contributed by atoms with Gasteiger partial charge in [-0.05, 0) is 49.0 Å². The van der Waals surface area contributed by atoms with Crippen LogP contribution in [0, 0.1) is 0 Å². The van der Waals surface area contributed by atoms with Crippen LogP contribution < -0.4 is 10.0 Å². The molecule has 0 fully saturated rings. The first-order valence-electron chi connectivity index (χ1n) is 8.65. The van der Waals surface area contributed by atoms with E-state index in [4.69, 9.17) is 0 Å². The summed E-state index contributed by atoms with van der Waals surface area (Å²) >= 11 is 0. The second-order valence-electron chi connectivity index (χ2n) is 6.35. The standard InChI is InChI=1S/C20H23N3O2S/c1-16(14-21-11-9-17-5-3-2-4-6-17)23-26(24,25)20-8-7-19-15-22-12-10-18(19)13-20/h2-8,10,12-13,15-16,21,23H,9,11,14H2,1H3/t16-/m0/s1. The lowest BCUT2D eigenvalue weighted by molar-refractivity contribution is 0.537. The van der Waals surface area contributed by atoms with Crippen molar-refractivity contribution < 1.29 is 8.42 Å². The second-order valence-corrected chi connectivity index (χ2v) is 8.06. The van der Waals surface area contributed by atoms with Gasteiger partial charge in [0.15, 0.2) is 0 Å². The summed E-state index contributed by atoms with van der Waals surface area (Å²) in [6, 6.07) is 16.9. The fraction of sp³-hybridized carbons (Fsp3) is 0.250. The highest BCUT2D eigenvalue weighted by atomic mass is 32.2. The minimum Gasteiger partial charge on any atom is -0.315 e. The molecule has 0 aliphatic carbocycles. The molecule has 0 unspecified atom stereocenters. The summed E-state index contributed by atoms with van der Waals surface area (Å²) < 4.78 is 27.9. The summed E-state index contributed by atoms with van der Waals surface area (Å²) in [6.07, 6.45) is 4.29. The number of fused-ring (bicyclic) bond motifs is 1. The predicted octanol–water partition coefficient (Wildman–Crippen LogP) is 2.73.